The highest BCUT2D eigenvalue weighted by molar-refractivity contribution is 6.30. The zero-order valence-electron chi connectivity index (χ0n) is 39.0. The Bertz CT molecular complexity index is 2970. The van der Waals surface area contributed by atoms with Crippen LogP contribution in [0.25, 0.3) is 21.9 Å². The Morgan fingerprint density at radius 2 is 1.04 bits per heavy atom. The fourth-order valence-electron chi connectivity index (χ4n) is 8.54. The van der Waals surface area contributed by atoms with Crippen molar-refractivity contribution in [3.63, 3.8) is 0 Å². The molecule has 374 valence electrons. The van der Waals surface area contributed by atoms with E-state index in [2.05, 4.69) is 31.2 Å². The average Bonchev–Trinajstić information content (AvgIpc) is 3.89. The summed E-state index contributed by atoms with van der Waals surface area (Å²) in [6.45, 7) is 3.05. The summed E-state index contributed by atoms with van der Waals surface area (Å²) in [6.07, 6.45) is 7.99. The van der Waals surface area contributed by atoms with E-state index in [1.807, 2.05) is 0 Å². The number of benzene rings is 2. The number of halogens is 3. The van der Waals surface area contributed by atoms with Gasteiger partial charge in [-0.2, -0.15) is 0 Å². The number of nitrogens with two attached hydrogens (primary N) is 1. The molecule has 0 radical (unpaired) electrons. The van der Waals surface area contributed by atoms with Crippen LogP contribution in [0.5, 0.6) is 0 Å². The van der Waals surface area contributed by atoms with Crippen molar-refractivity contribution in [2.24, 2.45) is 11.8 Å². The highest BCUT2D eigenvalue weighted by atomic mass is 35.5. The largest absolute Gasteiger partial charge is 0.449 e. The van der Waals surface area contributed by atoms with E-state index in [9.17, 15) is 38.9 Å². The molecule has 8 rings (SSSR count). The van der Waals surface area contributed by atoms with Gasteiger partial charge in [-0.15, -0.1) is 12.4 Å². The van der Waals surface area contributed by atoms with Crippen LogP contribution < -0.4 is 27.0 Å². The van der Waals surface area contributed by atoms with Gasteiger partial charge >= 0.3 is 0 Å². The van der Waals surface area contributed by atoms with E-state index in [1.54, 1.807) is 67.2 Å². The Labute approximate surface area is 422 Å². The van der Waals surface area contributed by atoms with Gasteiger partial charge in [0.15, 0.2) is 0 Å². The first-order valence-corrected chi connectivity index (χ1v) is 23.1. The first kappa shape index (κ1) is 53.1. The Hall–Kier alpha value is -7.29. The molecule has 2 aromatic carbocycles. The molecule has 6 aromatic rings. The van der Waals surface area contributed by atoms with Gasteiger partial charge in [-0.3, -0.25) is 38.9 Å². The lowest BCUT2D eigenvalue weighted by molar-refractivity contribution is -0.384. The first-order chi connectivity index (χ1) is 33.4. The normalized spacial score (nSPS) is 17.4. The first-order valence-electron chi connectivity index (χ1n) is 22.3. The number of carbonyl (C=O) groups is 6. The molecule has 2 saturated carbocycles. The number of anilines is 5. The highest BCUT2D eigenvalue weighted by Gasteiger charge is 2.33. The number of rotatable bonds is 11. The Morgan fingerprint density at radius 1 is 0.634 bits per heavy atom. The third-order valence-corrected chi connectivity index (χ3v) is 13.1. The molecule has 4 heterocycles. The maximum absolute atomic E-state index is 13.2. The zero-order valence-corrected chi connectivity index (χ0v) is 41.3. The van der Waals surface area contributed by atoms with E-state index < -0.39 is 16.7 Å². The van der Waals surface area contributed by atoms with Gasteiger partial charge in [-0.25, -0.2) is 9.97 Å². The molecular formula is C48H51Cl3N10O10. The van der Waals surface area contributed by atoms with E-state index in [-0.39, 0.29) is 105 Å². The van der Waals surface area contributed by atoms with Gasteiger partial charge in [0.25, 0.3) is 17.5 Å². The summed E-state index contributed by atoms with van der Waals surface area (Å²) in [6, 6.07) is 15.3. The monoisotopic (exact) mass is 1030 g/mol. The SMILES string of the molecule is CC(=O)N(C)C1CCC(C(=O)Nc2c(C(=O)Nc3ccc(Cl)cn3)oc3ccc(N)cc23)CC1.CC(=O)N(C)C1CCC(C(=O)Nc2c(C(=O)Nc3ccc(Cl)cn3)oc3ccc([N+](=O)[O-])cc23)CC1.Cl. The quantitative estimate of drug-likeness (QED) is 0.0460. The number of nitro groups is 1. The molecule has 23 heteroatoms. The fraction of sp³-hybridized carbons (Fsp3) is 0.333. The smallest absolute Gasteiger partial charge is 0.294 e. The predicted molar refractivity (Wildman–Crippen MR) is 271 cm³/mol. The van der Waals surface area contributed by atoms with Crippen LogP contribution in [0.2, 0.25) is 10.0 Å². The van der Waals surface area contributed by atoms with Gasteiger partial charge in [0.1, 0.15) is 34.2 Å². The number of nitrogens with one attached hydrogen (secondary N) is 4. The number of hydrogen-bond acceptors (Lipinski definition) is 13. The molecule has 71 heavy (non-hydrogen) atoms. The minimum Gasteiger partial charge on any atom is -0.449 e. The summed E-state index contributed by atoms with van der Waals surface area (Å²) < 4.78 is 11.5. The minimum atomic E-state index is -0.689. The Morgan fingerprint density at radius 3 is 1.42 bits per heavy atom. The molecule has 0 atom stereocenters. The second kappa shape index (κ2) is 23.1. The van der Waals surface area contributed by atoms with Crippen molar-refractivity contribution < 1.29 is 42.5 Å². The second-order valence-corrected chi connectivity index (χ2v) is 18.1. The summed E-state index contributed by atoms with van der Waals surface area (Å²) in [4.78, 5) is 98.0. The molecule has 0 bridgehead atoms. The molecular weight excluding hydrogens is 983 g/mol. The highest BCUT2D eigenvalue weighted by Crippen LogP contribution is 2.38. The van der Waals surface area contributed by atoms with Crippen LogP contribution in [0.1, 0.15) is 86.3 Å². The van der Waals surface area contributed by atoms with Gasteiger partial charge in [-0.05, 0) is 99.9 Å². The lowest BCUT2D eigenvalue weighted by Crippen LogP contribution is -2.40. The Kier molecular flexibility index (Phi) is 17.3. The average molecular weight is 1030 g/mol. The maximum Gasteiger partial charge on any atom is 0.294 e. The number of fused-ring (bicyclic) bond motifs is 2. The molecule has 6 amide bonds. The van der Waals surface area contributed by atoms with Crippen LogP contribution in [-0.4, -0.2) is 86.3 Å². The summed E-state index contributed by atoms with van der Waals surface area (Å²) in [5.74, 6) is -2.13. The van der Waals surface area contributed by atoms with E-state index in [4.69, 9.17) is 37.8 Å². The number of carbonyl (C=O) groups excluding carboxylic acids is 6. The lowest BCUT2D eigenvalue weighted by atomic mass is 9.84. The zero-order chi connectivity index (χ0) is 50.4. The number of non-ortho nitro benzene ring substituents is 1. The van der Waals surface area contributed by atoms with Gasteiger partial charge in [0, 0.05) is 87.5 Å². The molecule has 6 N–H and O–H groups in total. The molecule has 0 saturated heterocycles. The standard InChI is InChI=1S/C24H24ClN5O6.C24H26ClN5O4.ClH/c1-13(31)29(2)16-6-3-14(4-7-16)23(32)28-21-18-11-17(30(34)35)8-9-19(18)36-22(21)24(33)27-20-10-5-15(25)12-26-20;1-13(31)30(2)17-7-3-14(4-8-17)23(32)29-21-18-11-16(26)6-9-19(18)34-22(21)24(33)28-20-10-5-15(25)12-27-20;/h5,8-12,14,16H,3-4,6-7H2,1-2H3,(H,28,32)(H,26,27,33);5-6,9-12,14,17H,3-4,7-8,26H2,1-2H3,(H,29,32)(H,27,28,33);1H. The molecule has 4 aromatic heterocycles. The van der Waals surface area contributed by atoms with E-state index in [1.165, 1.54) is 43.6 Å². The molecule has 2 fully saturated rings. The number of pyridine rings is 2. The van der Waals surface area contributed by atoms with Gasteiger partial charge in [0.2, 0.25) is 35.1 Å². The maximum atomic E-state index is 13.2. The predicted octanol–water partition coefficient (Wildman–Crippen LogP) is 9.33. The number of nitrogen functional groups attached to an aromatic ring is 1. The molecule has 0 unspecified atom stereocenters. The Balaban J connectivity index is 0.000000230. The molecule has 2 aliphatic carbocycles. The third-order valence-electron chi connectivity index (χ3n) is 12.7. The molecule has 2 aliphatic rings. The number of amides is 6. The van der Waals surface area contributed by atoms with Crippen LogP contribution in [0.3, 0.4) is 0 Å². The van der Waals surface area contributed by atoms with Crippen LogP contribution in [0.4, 0.5) is 34.4 Å². The van der Waals surface area contributed by atoms with Crippen LogP contribution in [0, 0.1) is 22.0 Å². The molecule has 0 aliphatic heterocycles. The van der Waals surface area contributed by atoms with Gasteiger partial charge in [0.05, 0.1) is 20.4 Å². The van der Waals surface area contributed by atoms with Crippen molar-refractivity contribution in [2.45, 2.75) is 77.3 Å². The summed E-state index contributed by atoms with van der Waals surface area (Å²) in [7, 11) is 3.54. The van der Waals surface area contributed by atoms with Crippen molar-refractivity contribution in [3.8, 4) is 0 Å². The van der Waals surface area contributed by atoms with Crippen molar-refractivity contribution in [1.82, 2.24) is 19.8 Å². The number of nitrogens with zero attached hydrogens (tertiary/aromatic N) is 5. The van der Waals surface area contributed by atoms with Crippen LogP contribution in [0.15, 0.2) is 81.9 Å². The number of aromatic nitrogens is 2. The van der Waals surface area contributed by atoms with E-state index in [0.717, 1.165) is 12.8 Å². The number of furan rings is 2. The van der Waals surface area contributed by atoms with Crippen molar-refractivity contribution in [2.75, 3.05) is 41.1 Å². The second-order valence-electron chi connectivity index (χ2n) is 17.2. The van der Waals surface area contributed by atoms with Gasteiger partial charge < -0.3 is 45.6 Å². The summed E-state index contributed by atoms with van der Waals surface area (Å²) >= 11 is 11.7. The van der Waals surface area contributed by atoms with E-state index >= 15 is 0 Å². The van der Waals surface area contributed by atoms with E-state index in [0.29, 0.717) is 71.0 Å². The molecule has 20 nitrogen and oxygen atoms in total. The number of nitro benzene ring substituents is 1. The van der Waals surface area contributed by atoms with Crippen molar-refractivity contribution in [1.29, 1.82) is 0 Å². The minimum absolute atomic E-state index is 0. The summed E-state index contributed by atoms with van der Waals surface area (Å²) in [5, 5.41) is 23.8. The number of hydrogen-bond donors (Lipinski definition) is 5. The van der Waals surface area contributed by atoms with Crippen LogP contribution >= 0.6 is 35.6 Å². The van der Waals surface area contributed by atoms with Crippen molar-refractivity contribution >= 4 is 127 Å². The molecule has 0 spiro atoms. The topological polar surface area (TPSA) is 278 Å². The van der Waals surface area contributed by atoms with Crippen LogP contribution in [-0.2, 0) is 19.2 Å². The van der Waals surface area contributed by atoms with Gasteiger partial charge in [-0.1, -0.05) is 23.2 Å². The van der Waals surface area contributed by atoms with Crippen molar-refractivity contribution in [3.05, 3.63) is 105 Å². The lowest BCUT2D eigenvalue weighted by Gasteiger charge is -2.33. The third kappa shape index (κ3) is 12.7. The summed E-state index contributed by atoms with van der Waals surface area (Å²) in [5.41, 5.74) is 7.15. The fourth-order valence-corrected chi connectivity index (χ4v) is 8.77.